The summed E-state index contributed by atoms with van der Waals surface area (Å²) in [5.41, 5.74) is 1.81. The third-order valence-corrected chi connectivity index (χ3v) is 19.4. The monoisotopic (exact) mass is 583 g/mol. The third kappa shape index (κ3) is 9.08. The van der Waals surface area contributed by atoms with Gasteiger partial charge in [0.15, 0.2) is 16.6 Å². The fraction of sp³-hybridized carbons (Fsp3) is 0.833. The van der Waals surface area contributed by atoms with Gasteiger partial charge >= 0.3 is 0 Å². The van der Waals surface area contributed by atoms with E-state index in [1.165, 1.54) is 23.7 Å². The van der Waals surface area contributed by atoms with E-state index in [1.807, 2.05) is 6.92 Å². The Morgan fingerprint density at radius 2 is 1.71 bits per heavy atom. The van der Waals surface area contributed by atoms with E-state index in [-0.39, 0.29) is 18.8 Å². The molecule has 4 atom stereocenters. The molecule has 1 aliphatic rings. The highest BCUT2D eigenvalue weighted by molar-refractivity contribution is 7.09. The van der Waals surface area contributed by atoms with E-state index in [0.717, 1.165) is 61.1 Å². The van der Waals surface area contributed by atoms with Crippen LogP contribution in [0.3, 0.4) is 0 Å². The summed E-state index contributed by atoms with van der Waals surface area (Å²) in [6, 6.07) is 6.96. The van der Waals surface area contributed by atoms with Gasteiger partial charge in [-0.15, -0.1) is 11.3 Å². The van der Waals surface area contributed by atoms with Gasteiger partial charge in [0.05, 0.1) is 29.5 Å². The molecule has 0 unspecified atom stereocenters. The predicted octanol–water partition coefficient (Wildman–Crippen LogP) is 8.59. The van der Waals surface area contributed by atoms with Crippen LogP contribution in [0.25, 0.3) is 6.08 Å². The Morgan fingerprint density at radius 3 is 2.21 bits per heavy atom. The van der Waals surface area contributed by atoms with Crippen LogP contribution < -0.4 is 0 Å². The summed E-state index contributed by atoms with van der Waals surface area (Å²) in [7, 11) is -3.34. The Balaban J connectivity index is 2.02. The van der Waals surface area contributed by atoms with E-state index in [2.05, 4.69) is 71.8 Å². The van der Waals surface area contributed by atoms with Gasteiger partial charge in [0.2, 0.25) is 0 Å². The van der Waals surface area contributed by atoms with Crippen molar-refractivity contribution in [1.82, 2.24) is 4.98 Å². The Labute approximate surface area is 240 Å². The quantitative estimate of drug-likeness (QED) is 0.123. The highest BCUT2D eigenvalue weighted by Gasteiger charge is 2.56. The maximum absolute atomic E-state index is 10.4. The number of nitrogens with zero attached hydrogens (tertiary/aromatic N) is 1. The van der Waals surface area contributed by atoms with Crippen molar-refractivity contribution in [3.8, 4) is 0 Å². The van der Waals surface area contributed by atoms with Crippen LogP contribution >= 0.6 is 11.3 Å². The summed E-state index contributed by atoms with van der Waals surface area (Å²) in [6.07, 6.45) is 6.10. The molecule has 1 aromatic heterocycles. The van der Waals surface area contributed by atoms with Gasteiger partial charge in [-0.25, -0.2) is 4.98 Å². The summed E-state index contributed by atoms with van der Waals surface area (Å²) in [5, 5.41) is 13.6. The molecule has 1 aliphatic heterocycles. The van der Waals surface area contributed by atoms with Gasteiger partial charge < -0.3 is 18.7 Å². The van der Waals surface area contributed by atoms with Gasteiger partial charge in [-0.2, -0.15) is 0 Å². The fourth-order valence-electron chi connectivity index (χ4n) is 5.75. The topological polar surface area (TPSA) is 64.1 Å². The average Bonchev–Trinajstić information content (AvgIpc) is 3.46. The summed E-state index contributed by atoms with van der Waals surface area (Å²) >= 11 is 1.68. The molecule has 0 spiro atoms. The lowest BCUT2D eigenvalue weighted by Gasteiger charge is -2.34. The van der Waals surface area contributed by atoms with Gasteiger partial charge in [-0.3, -0.25) is 0 Å². The maximum atomic E-state index is 10.4. The van der Waals surface area contributed by atoms with Gasteiger partial charge in [0, 0.05) is 18.4 Å². The fourth-order valence-corrected chi connectivity index (χ4v) is 12.0. The van der Waals surface area contributed by atoms with Crippen molar-refractivity contribution < 1.29 is 18.7 Å². The molecule has 0 saturated carbocycles. The largest absolute Gasteiger partial charge is 0.417 e. The lowest BCUT2D eigenvalue weighted by atomic mass is 9.92. The normalized spacial score (nSPS) is 22.1. The minimum absolute atomic E-state index is 0.00415. The molecular formula is C30H57NO4SSi2. The predicted molar refractivity (Wildman–Crippen MR) is 168 cm³/mol. The maximum Gasteiger partial charge on any atom is 0.192 e. The zero-order valence-corrected chi connectivity index (χ0v) is 28.7. The molecule has 38 heavy (non-hydrogen) atoms. The van der Waals surface area contributed by atoms with E-state index in [0.29, 0.717) is 5.92 Å². The molecule has 1 fully saturated rings. The molecule has 1 N–H and O–H groups in total. The number of hydrogen-bond acceptors (Lipinski definition) is 6. The second-order valence-electron chi connectivity index (χ2n) is 11.6. The SMILES string of the molecule is CC[Si](CC)(CC)OC[C@@H](C)CCC[C@@]1(CO)O[C@H]1C[C@H](O[Si](CC)(CC)CC)C(C)=Cc1csc(C)n1. The van der Waals surface area contributed by atoms with E-state index < -0.39 is 22.2 Å². The number of epoxide rings is 1. The van der Waals surface area contributed by atoms with Crippen molar-refractivity contribution in [3.63, 3.8) is 0 Å². The molecular weight excluding hydrogens is 527 g/mol. The number of aromatic nitrogens is 1. The zero-order valence-electron chi connectivity index (χ0n) is 25.9. The molecule has 0 radical (unpaired) electrons. The number of aryl methyl sites for hydroxylation is 1. The highest BCUT2D eigenvalue weighted by Crippen LogP contribution is 2.45. The van der Waals surface area contributed by atoms with Gasteiger partial charge in [-0.05, 0) is 80.5 Å². The number of hydrogen-bond donors (Lipinski definition) is 1. The first kappa shape index (κ1) is 33.8. The second-order valence-corrected chi connectivity index (χ2v) is 22.2. The van der Waals surface area contributed by atoms with E-state index in [1.54, 1.807) is 11.3 Å². The van der Waals surface area contributed by atoms with Crippen molar-refractivity contribution in [2.75, 3.05) is 13.2 Å². The smallest absolute Gasteiger partial charge is 0.192 e. The van der Waals surface area contributed by atoms with Crippen LogP contribution in [0.1, 0.15) is 91.8 Å². The number of aliphatic hydroxyl groups is 1. The Hall–Kier alpha value is -0.356. The minimum atomic E-state index is -1.81. The number of aliphatic hydroxyl groups excluding tert-OH is 1. The number of rotatable bonds is 20. The van der Waals surface area contributed by atoms with Gasteiger partial charge in [0.25, 0.3) is 0 Å². The van der Waals surface area contributed by atoms with E-state index in [4.69, 9.17) is 13.6 Å². The van der Waals surface area contributed by atoms with Crippen molar-refractivity contribution >= 4 is 34.0 Å². The van der Waals surface area contributed by atoms with Crippen LogP contribution in [0.5, 0.6) is 0 Å². The van der Waals surface area contributed by atoms with E-state index >= 15 is 0 Å². The molecule has 0 bridgehead atoms. The van der Waals surface area contributed by atoms with Crippen LogP contribution in [0.4, 0.5) is 0 Å². The van der Waals surface area contributed by atoms with Gasteiger partial charge in [-0.1, -0.05) is 54.9 Å². The summed E-state index contributed by atoms with van der Waals surface area (Å²) in [5.74, 6) is 0.535. The molecule has 5 nitrogen and oxygen atoms in total. The lowest BCUT2D eigenvalue weighted by Crippen LogP contribution is -2.41. The zero-order chi connectivity index (χ0) is 28.4. The third-order valence-electron chi connectivity index (χ3n) is 9.35. The molecule has 0 aromatic carbocycles. The number of thiazole rings is 1. The van der Waals surface area contributed by atoms with E-state index in [9.17, 15) is 5.11 Å². The first-order valence-corrected chi connectivity index (χ1v) is 21.2. The van der Waals surface area contributed by atoms with Crippen molar-refractivity contribution in [1.29, 1.82) is 0 Å². The molecule has 220 valence electrons. The molecule has 2 rings (SSSR count). The number of ether oxygens (including phenoxy) is 1. The average molecular weight is 584 g/mol. The Kier molecular flexibility index (Phi) is 13.9. The summed E-state index contributed by atoms with van der Waals surface area (Å²) in [6.45, 7) is 21.2. The van der Waals surface area contributed by atoms with Crippen LogP contribution in [0, 0.1) is 12.8 Å². The summed E-state index contributed by atoms with van der Waals surface area (Å²) in [4.78, 5) is 4.65. The van der Waals surface area contributed by atoms with Gasteiger partial charge in [0.1, 0.15) is 5.60 Å². The highest BCUT2D eigenvalue weighted by atomic mass is 32.1. The van der Waals surface area contributed by atoms with Crippen LogP contribution in [-0.2, 0) is 13.6 Å². The molecule has 2 heterocycles. The van der Waals surface area contributed by atoms with Crippen LogP contribution in [0.15, 0.2) is 11.0 Å². The Bertz CT molecular complexity index is 839. The molecule has 1 saturated heterocycles. The molecule has 1 aromatic rings. The molecule has 8 heteroatoms. The van der Waals surface area contributed by atoms with Crippen LogP contribution in [-0.4, -0.2) is 57.7 Å². The molecule has 0 aliphatic carbocycles. The second kappa shape index (κ2) is 15.6. The first-order valence-electron chi connectivity index (χ1n) is 15.3. The summed E-state index contributed by atoms with van der Waals surface area (Å²) < 4.78 is 19.8. The Morgan fingerprint density at radius 1 is 1.11 bits per heavy atom. The molecule has 0 amide bonds. The van der Waals surface area contributed by atoms with Crippen molar-refractivity contribution in [3.05, 3.63) is 21.7 Å². The standard InChI is InChI=1S/C30H57NO4SSi2/c1-10-37(11-2,12-3)33-21-24(7)17-16-18-30(23-32)29(34-30)20-28(35-38(13-4,14-5)15-6)25(8)19-27-22-36-26(9)31-27/h19,22,24,28-29,32H,10-18,20-21,23H2,1-9H3/t24-,28-,29-,30-/m0/s1. The lowest BCUT2D eigenvalue weighted by molar-refractivity contribution is 0.156. The van der Waals surface area contributed by atoms with Crippen molar-refractivity contribution in [2.45, 2.75) is 142 Å². The minimum Gasteiger partial charge on any atom is -0.417 e. The first-order chi connectivity index (χ1) is 18.1. The van der Waals surface area contributed by atoms with Crippen molar-refractivity contribution in [2.24, 2.45) is 5.92 Å². The van der Waals surface area contributed by atoms with Crippen LogP contribution in [0.2, 0.25) is 36.3 Å².